The Balaban J connectivity index is 2.16. The molecule has 0 amide bonds. The lowest BCUT2D eigenvalue weighted by Gasteiger charge is -2.35. The highest BCUT2D eigenvalue weighted by molar-refractivity contribution is 5.37. The van der Waals surface area contributed by atoms with Gasteiger partial charge in [-0.05, 0) is 43.5 Å². The van der Waals surface area contributed by atoms with Gasteiger partial charge in [-0.3, -0.25) is 4.90 Å². The Kier molecular flexibility index (Phi) is 5.23. The molecule has 106 valence electrons. The highest BCUT2D eigenvalue weighted by Crippen LogP contribution is 2.26. The van der Waals surface area contributed by atoms with Crippen molar-refractivity contribution in [3.8, 4) is 5.75 Å². The fourth-order valence-electron chi connectivity index (χ4n) is 3.00. The van der Waals surface area contributed by atoms with Gasteiger partial charge in [0.2, 0.25) is 0 Å². The van der Waals surface area contributed by atoms with E-state index in [1.165, 1.54) is 37.8 Å². The summed E-state index contributed by atoms with van der Waals surface area (Å²) in [6.45, 7) is 4.46. The van der Waals surface area contributed by atoms with Gasteiger partial charge in [0.15, 0.2) is 0 Å². The molecule has 1 unspecified atom stereocenters. The second kappa shape index (κ2) is 6.92. The summed E-state index contributed by atoms with van der Waals surface area (Å²) in [5.74, 6) is 0.928. The molecule has 1 aliphatic heterocycles. The number of piperidine rings is 1. The van der Waals surface area contributed by atoms with Crippen LogP contribution in [0.15, 0.2) is 18.2 Å². The zero-order valence-corrected chi connectivity index (χ0v) is 12.1. The van der Waals surface area contributed by atoms with E-state index in [1.807, 2.05) is 12.1 Å². The average Bonchev–Trinajstić information content (AvgIpc) is 2.47. The van der Waals surface area contributed by atoms with Crippen molar-refractivity contribution in [2.45, 2.75) is 51.8 Å². The molecule has 19 heavy (non-hydrogen) atoms. The van der Waals surface area contributed by atoms with Gasteiger partial charge in [-0.1, -0.05) is 19.4 Å². The van der Waals surface area contributed by atoms with E-state index in [1.54, 1.807) is 7.11 Å². The molecule has 1 aromatic rings. The van der Waals surface area contributed by atoms with E-state index in [0.29, 0.717) is 6.04 Å². The molecular formula is C16H25NO2. The maximum atomic E-state index is 9.28. The number of benzene rings is 1. The normalized spacial score (nSPS) is 20.5. The number of nitrogens with zero attached hydrogens (tertiary/aromatic N) is 1. The molecule has 1 aliphatic rings. The Morgan fingerprint density at radius 2 is 2.21 bits per heavy atom. The summed E-state index contributed by atoms with van der Waals surface area (Å²) >= 11 is 0. The van der Waals surface area contributed by atoms with Crippen molar-refractivity contribution >= 4 is 0 Å². The molecule has 0 radical (unpaired) electrons. The van der Waals surface area contributed by atoms with Crippen LogP contribution in [0.25, 0.3) is 0 Å². The third-order valence-electron chi connectivity index (χ3n) is 4.12. The van der Waals surface area contributed by atoms with Crippen molar-refractivity contribution in [1.29, 1.82) is 0 Å². The van der Waals surface area contributed by atoms with Crippen LogP contribution in [0.3, 0.4) is 0 Å². The molecule has 1 N–H and O–H groups in total. The van der Waals surface area contributed by atoms with Crippen LogP contribution < -0.4 is 4.74 Å². The fraction of sp³-hybridized carbons (Fsp3) is 0.625. The van der Waals surface area contributed by atoms with Gasteiger partial charge in [-0.2, -0.15) is 0 Å². The molecule has 0 bridgehead atoms. The average molecular weight is 263 g/mol. The number of methoxy groups -OCH3 is 1. The van der Waals surface area contributed by atoms with E-state index in [-0.39, 0.29) is 6.61 Å². The highest BCUT2D eigenvalue weighted by atomic mass is 16.5. The molecule has 2 rings (SSSR count). The molecule has 0 aromatic heterocycles. The molecule has 1 atom stereocenters. The van der Waals surface area contributed by atoms with Gasteiger partial charge in [-0.25, -0.2) is 0 Å². The van der Waals surface area contributed by atoms with Crippen molar-refractivity contribution in [3.05, 3.63) is 29.3 Å². The summed E-state index contributed by atoms with van der Waals surface area (Å²) in [7, 11) is 1.71. The Morgan fingerprint density at radius 3 is 2.89 bits per heavy atom. The smallest absolute Gasteiger partial charge is 0.123 e. The second-order valence-electron chi connectivity index (χ2n) is 5.33. The van der Waals surface area contributed by atoms with E-state index >= 15 is 0 Å². The van der Waals surface area contributed by atoms with Crippen LogP contribution in [0.2, 0.25) is 0 Å². The molecule has 3 nitrogen and oxygen atoms in total. The fourth-order valence-corrected chi connectivity index (χ4v) is 3.00. The van der Waals surface area contributed by atoms with Crippen LogP contribution in [-0.2, 0) is 13.2 Å². The molecule has 1 aromatic carbocycles. The van der Waals surface area contributed by atoms with E-state index < -0.39 is 0 Å². The summed E-state index contributed by atoms with van der Waals surface area (Å²) in [5.41, 5.74) is 2.15. The van der Waals surface area contributed by atoms with E-state index in [4.69, 9.17) is 4.74 Å². The van der Waals surface area contributed by atoms with Gasteiger partial charge in [0, 0.05) is 18.2 Å². The minimum Gasteiger partial charge on any atom is -0.496 e. The van der Waals surface area contributed by atoms with E-state index in [2.05, 4.69) is 17.9 Å². The number of likely N-dealkylation sites (tertiary alicyclic amines) is 1. The summed E-state index contributed by atoms with van der Waals surface area (Å²) in [6.07, 6.45) is 5.15. The van der Waals surface area contributed by atoms with Gasteiger partial charge in [0.1, 0.15) is 5.75 Å². The largest absolute Gasteiger partial charge is 0.496 e. The van der Waals surface area contributed by atoms with Crippen LogP contribution in [0.1, 0.15) is 43.7 Å². The number of ether oxygens (including phenoxy) is 1. The number of hydrogen-bond acceptors (Lipinski definition) is 3. The molecular weight excluding hydrogens is 238 g/mol. The molecule has 0 aliphatic carbocycles. The molecule has 0 spiro atoms. The number of aliphatic hydroxyl groups is 1. The summed E-state index contributed by atoms with van der Waals surface area (Å²) in [5, 5.41) is 9.28. The lowest BCUT2D eigenvalue weighted by Crippen LogP contribution is -2.38. The lowest BCUT2D eigenvalue weighted by atomic mass is 9.98. The first-order valence-corrected chi connectivity index (χ1v) is 7.29. The van der Waals surface area contributed by atoms with Crippen LogP contribution >= 0.6 is 0 Å². The number of rotatable bonds is 5. The van der Waals surface area contributed by atoms with Gasteiger partial charge >= 0.3 is 0 Å². The first-order chi connectivity index (χ1) is 9.28. The summed E-state index contributed by atoms with van der Waals surface area (Å²) in [4.78, 5) is 2.56. The van der Waals surface area contributed by atoms with Crippen LogP contribution in [0, 0.1) is 0 Å². The quantitative estimate of drug-likeness (QED) is 0.886. The monoisotopic (exact) mass is 263 g/mol. The van der Waals surface area contributed by atoms with Crippen LogP contribution in [0.5, 0.6) is 5.75 Å². The van der Waals surface area contributed by atoms with E-state index in [9.17, 15) is 5.11 Å². The van der Waals surface area contributed by atoms with Gasteiger partial charge in [-0.15, -0.1) is 0 Å². The summed E-state index contributed by atoms with van der Waals surface area (Å²) < 4.78 is 5.45. The Bertz CT molecular complexity index is 406. The number of aliphatic hydroxyl groups excluding tert-OH is 1. The number of hydrogen-bond donors (Lipinski definition) is 1. The van der Waals surface area contributed by atoms with Crippen molar-refractivity contribution in [3.63, 3.8) is 0 Å². The third kappa shape index (κ3) is 3.48. The summed E-state index contributed by atoms with van der Waals surface area (Å²) in [6, 6.07) is 6.65. The van der Waals surface area contributed by atoms with Gasteiger partial charge < -0.3 is 9.84 Å². The first-order valence-electron chi connectivity index (χ1n) is 7.29. The lowest BCUT2D eigenvalue weighted by molar-refractivity contribution is 0.135. The van der Waals surface area contributed by atoms with Crippen molar-refractivity contribution < 1.29 is 9.84 Å². The predicted octanol–water partition coefficient (Wildman–Crippen LogP) is 2.95. The second-order valence-corrected chi connectivity index (χ2v) is 5.33. The zero-order chi connectivity index (χ0) is 13.7. The molecule has 1 heterocycles. The van der Waals surface area contributed by atoms with Gasteiger partial charge in [0.05, 0.1) is 13.7 Å². The Hall–Kier alpha value is -1.06. The maximum Gasteiger partial charge on any atom is 0.123 e. The SMILES string of the molecule is CCC1CCCCN1Cc1cc(CO)ccc1OC. The zero-order valence-electron chi connectivity index (χ0n) is 12.1. The molecule has 1 fully saturated rings. The van der Waals surface area contributed by atoms with Crippen molar-refractivity contribution in [1.82, 2.24) is 4.90 Å². The maximum absolute atomic E-state index is 9.28. The van der Waals surface area contributed by atoms with E-state index in [0.717, 1.165) is 17.9 Å². The Labute approximate surface area is 116 Å². The predicted molar refractivity (Wildman–Crippen MR) is 77.3 cm³/mol. The van der Waals surface area contributed by atoms with Gasteiger partial charge in [0.25, 0.3) is 0 Å². The van der Waals surface area contributed by atoms with Crippen molar-refractivity contribution in [2.24, 2.45) is 0 Å². The molecule has 3 heteroatoms. The minimum absolute atomic E-state index is 0.0915. The topological polar surface area (TPSA) is 32.7 Å². The third-order valence-corrected chi connectivity index (χ3v) is 4.12. The van der Waals surface area contributed by atoms with Crippen LogP contribution in [0.4, 0.5) is 0 Å². The Morgan fingerprint density at radius 1 is 1.37 bits per heavy atom. The minimum atomic E-state index is 0.0915. The van der Waals surface area contributed by atoms with Crippen LogP contribution in [-0.4, -0.2) is 29.7 Å². The highest BCUT2D eigenvalue weighted by Gasteiger charge is 2.21. The molecule has 0 saturated carbocycles. The standard InChI is InChI=1S/C16H25NO2/c1-3-15-6-4-5-9-17(15)11-14-10-13(12-18)7-8-16(14)19-2/h7-8,10,15,18H,3-6,9,11-12H2,1-2H3. The molecule has 1 saturated heterocycles. The van der Waals surface area contributed by atoms with Crippen molar-refractivity contribution in [2.75, 3.05) is 13.7 Å². The first kappa shape index (κ1) is 14.4.